The molecule has 17 heteroatoms. The summed E-state index contributed by atoms with van der Waals surface area (Å²) in [6, 6.07) is 32.7. The van der Waals surface area contributed by atoms with E-state index in [-0.39, 0.29) is 25.4 Å². The fraction of sp³-hybridized carbons (Fsp3) is 0.216. The maximum atomic E-state index is 9.07. The number of nitrogens with zero attached hydrogens (tertiary/aromatic N) is 8. The number of aliphatic hydroxyl groups excluding tert-OH is 1. The molecule has 0 radical (unpaired) electrons. The Balaban J connectivity index is 0.000000445. The van der Waals surface area contributed by atoms with Crippen molar-refractivity contribution in [3.05, 3.63) is 149 Å². The third-order valence-electron chi connectivity index (χ3n) is 9.54. The molecule has 0 saturated heterocycles. The summed E-state index contributed by atoms with van der Waals surface area (Å²) < 4.78 is 11.5. The van der Waals surface area contributed by atoms with E-state index in [0.717, 1.165) is 78.2 Å². The second-order valence-corrected chi connectivity index (χ2v) is 16.0. The molecule has 68 heavy (non-hydrogen) atoms. The van der Waals surface area contributed by atoms with Crippen LogP contribution in [-0.2, 0) is 22.7 Å². The summed E-state index contributed by atoms with van der Waals surface area (Å²) >= 11 is 2.22. The van der Waals surface area contributed by atoms with Crippen molar-refractivity contribution in [3.8, 4) is 24.3 Å². The van der Waals surface area contributed by atoms with Crippen molar-refractivity contribution in [1.29, 1.82) is 21.0 Å². The monoisotopic (exact) mass is 1140 g/mol. The van der Waals surface area contributed by atoms with Gasteiger partial charge < -0.3 is 35.8 Å². The second kappa shape index (κ2) is 27.6. The minimum atomic E-state index is 0. The summed E-state index contributed by atoms with van der Waals surface area (Å²) in [7, 11) is 4.25. The number of aliphatic hydroxyl groups is 1. The van der Waals surface area contributed by atoms with Gasteiger partial charge in [-0.15, -0.1) is 24.0 Å². The van der Waals surface area contributed by atoms with E-state index in [0.29, 0.717) is 59.0 Å². The average Bonchev–Trinajstić information content (AvgIpc) is 3.31. The lowest BCUT2D eigenvalue weighted by Crippen LogP contribution is -2.09. The molecule has 350 valence electrons. The van der Waals surface area contributed by atoms with Gasteiger partial charge in [0.1, 0.15) is 11.6 Å². The number of benzene rings is 4. The zero-order valence-corrected chi connectivity index (χ0v) is 43.7. The molecule has 0 bridgehead atoms. The first-order chi connectivity index (χ1) is 32.2. The van der Waals surface area contributed by atoms with Crippen LogP contribution < -0.4 is 21.3 Å². The van der Waals surface area contributed by atoms with E-state index < -0.39 is 0 Å². The topological polar surface area (TPSA) is 234 Å². The van der Waals surface area contributed by atoms with Crippen LogP contribution in [0, 0.1) is 76.6 Å². The van der Waals surface area contributed by atoms with Crippen molar-refractivity contribution in [1.82, 2.24) is 19.9 Å². The minimum Gasteiger partial charge on any atom is -0.400 e. The molecule has 0 atom stereocenters. The van der Waals surface area contributed by atoms with Gasteiger partial charge in [0, 0.05) is 62.7 Å². The van der Waals surface area contributed by atoms with E-state index in [1.807, 2.05) is 94.4 Å². The van der Waals surface area contributed by atoms with Gasteiger partial charge in [-0.3, -0.25) is 0 Å². The predicted molar refractivity (Wildman–Crippen MR) is 290 cm³/mol. The van der Waals surface area contributed by atoms with Crippen LogP contribution in [0.1, 0.15) is 71.2 Å². The van der Waals surface area contributed by atoms with Crippen molar-refractivity contribution in [2.45, 2.75) is 54.8 Å². The minimum absolute atomic E-state index is 0. The molecule has 0 unspecified atom stereocenters. The smallest absolute Gasteiger partial charge is 0.229 e. The molecule has 2 aromatic heterocycles. The van der Waals surface area contributed by atoms with E-state index in [9.17, 15) is 0 Å². The van der Waals surface area contributed by atoms with Gasteiger partial charge in [-0.05, 0) is 182 Å². The Morgan fingerprint density at radius 1 is 0.618 bits per heavy atom. The number of nitrogens with one attached hydrogen (secondary N) is 4. The average molecular weight is 1140 g/mol. The molecule has 4 aromatic carbocycles. The predicted octanol–water partition coefficient (Wildman–Crippen LogP) is 12.1. The van der Waals surface area contributed by atoms with Crippen molar-refractivity contribution in [2.75, 3.05) is 42.6 Å². The SMILES string of the molecule is CO.COCc1cc(Nc2c(C)cc(/C=C(\C)C#N)cc2C)nc(Nc2ccc(C#N)cc2)n1.COCc1nc(Nc2ccc(C#N)cc2)nc(Nc2c(C)cc(/C=C(\C)C#N)cc2C)c1I.I.[HH]. The van der Waals surface area contributed by atoms with E-state index >= 15 is 0 Å². The standard InChI is InChI=1S/C25H23IN6O.C25H24N6O.CH4O.HI.H2/c1-15(12-27)9-19-10-16(2)23(17(3)11-19)31-24-22(26)21(14-33-4)30-25(32-24)29-20-7-5-18(13-28)6-8-20;1-16(13-26)9-20-10-17(2)24(18(3)11-20)30-23-12-22(15-32-4)29-25(31-23)28-21-7-5-19(14-27)6-8-21;1-2;;/h5-11H,14H2,1-4H3,(H2,29,30,31,32);5-12H,15H2,1-4H3,(H2,28,29,30,31);2H,1H3;2*1H/b15-9+;16-9+;;;. The van der Waals surface area contributed by atoms with Gasteiger partial charge in [0.05, 0.1) is 63.6 Å². The molecule has 0 saturated carbocycles. The summed E-state index contributed by atoms with van der Waals surface area (Å²) in [6.07, 6.45) is 3.74. The Labute approximate surface area is 430 Å². The molecule has 0 aliphatic rings. The fourth-order valence-electron chi connectivity index (χ4n) is 6.58. The molecule has 0 aliphatic carbocycles. The van der Waals surface area contributed by atoms with Crippen LogP contribution in [0.4, 0.5) is 46.3 Å². The zero-order valence-electron chi connectivity index (χ0n) is 39.2. The van der Waals surface area contributed by atoms with Crippen LogP contribution in [-0.4, -0.2) is 46.4 Å². The summed E-state index contributed by atoms with van der Waals surface area (Å²) in [4.78, 5) is 18.4. The van der Waals surface area contributed by atoms with Crippen molar-refractivity contribution in [2.24, 2.45) is 0 Å². The Bertz CT molecular complexity index is 2890. The van der Waals surface area contributed by atoms with Crippen LogP contribution in [0.25, 0.3) is 12.2 Å². The number of hydrogen-bond donors (Lipinski definition) is 5. The first-order valence-corrected chi connectivity index (χ1v) is 21.7. The first-order valence-electron chi connectivity index (χ1n) is 20.6. The van der Waals surface area contributed by atoms with E-state index in [4.69, 9.17) is 40.6 Å². The molecule has 2 heterocycles. The van der Waals surface area contributed by atoms with Gasteiger partial charge in [0.2, 0.25) is 11.9 Å². The number of ether oxygens (including phenoxy) is 2. The number of methoxy groups -OCH3 is 2. The zero-order chi connectivity index (χ0) is 49.0. The van der Waals surface area contributed by atoms with Gasteiger partial charge in [-0.25, -0.2) is 9.97 Å². The molecule has 0 amide bonds. The van der Waals surface area contributed by atoms with Crippen molar-refractivity contribution in [3.63, 3.8) is 0 Å². The van der Waals surface area contributed by atoms with E-state index in [2.05, 4.69) is 83.1 Å². The normalized spacial score (nSPS) is 10.5. The molecule has 15 nitrogen and oxygen atoms in total. The molecule has 6 rings (SSSR count). The Morgan fingerprint density at radius 2 is 1.04 bits per heavy atom. The Hall–Kier alpha value is -6.98. The third kappa shape index (κ3) is 16.1. The van der Waals surface area contributed by atoms with Crippen LogP contribution in [0.5, 0.6) is 0 Å². The first kappa shape index (κ1) is 55.3. The van der Waals surface area contributed by atoms with Crippen molar-refractivity contribution >= 4 is 105 Å². The molecule has 0 spiro atoms. The number of allylic oxidation sites excluding steroid dienone is 2. The molecule has 5 N–H and O–H groups in total. The molecular formula is C51H54I2N12O3. The largest absolute Gasteiger partial charge is 0.400 e. The number of hydrogen-bond acceptors (Lipinski definition) is 15. The van der Waals surface area contributed by atoms with E-state index in [1.54, 1.807) is 52.3 Å². The lowest BCUT2D eigenvalue weighted by molar-refractivity contribution is 0.181. The maximum absolute atomic E-state index is 9.07. The summed E-state index contributed by atoms with van der Waals surface area (Å²) in [5, 5.41) is 56.3. The maximum Gasteiger partial charge on any atom is 0.229 e. The summed E-state index contributed by atoms with van der Waals surface area (Å²) in [5.41, 5.74) is 13.5. The highest BCUT2D eigenvalue weighted by atomic mass is 127. The third-order valence-corrected chi connectivity index (χ3v) is 10.7. The number of rotatable bonds is 14. The molecule has 6 aromatic rings. The number of aryl methyl sites for hydroxylation is 4. The van der Waals surface area contributed by atoms with Crippen LogP contribution in [0.3, 0.4) is 0 Å². The number of anilines is 8. The van der Waals surface area contributed by atoms with Crippen LogP contribution >= 0.6 is 46.6 Å². The lowest BCUT2D eigenvalue weighted by Gasteiger charge is -2.17. The highest BCUT2D eigenvalue weighted by Crippen LogP contribution is 2.32. The van der Waals surface area contributed by atoms with Gasteiger partial charge in [-0.1, -0.05) is 0 Å². The Morgan fingerprint density at radius 3 is 1.46 bits per heavy atom. The highest BCUT2D eigenvalue weighted by Gasteiger charge is 2.16. The number of aromatic nitrogens is 4. The fourth-order valence-corrected chi connectivity index (χ4v) is 7.12. The van der Waals surface area contributed by atoms with Gasteiger partial charge in [0.15, 0.2) is 0 Å². The molecule has 0 fully saturated rings. The van der Waals surface area contributed by atoms with Crippen LogP contribution in [0.2, 0.25) is 0 Å². The Kier molecular flexibility index (Phi) is 22.5. The van der Waals surface area contributed by atoms with E-state index in [1.165, 1.54) is 0 Å². The highest BCUT2D eigenvalue weighted by molar-refractivity contribution is 14.1. The second-order valence-electron chi connectivity index (χ2n) is 14.9. The molecular weight excluding hydrogens is 1080 g/mol. The number of nitriles is 4. The number of halogens is 2. The summed E-state index contributed by atoms with van der Waals surface area (Å²) in [5.74, 6) is 2.14. The van der Waals surface area contributed by atoms with Crippen LogP contribution in [0.15, 0.2) is 90.0 Å². The van der Waals surface area contributed by atoms with Gasteiger partial charge in [-0.2, -0.15) is 31.0 Å². The quantitative estimate of drug-likeness (QED) is 0.0504. The van der Waals surface area contributed by atoms with Gasteiger partial charge >= 0.3 is 0 Å². The summed E-state index contributed by atoms with van der Waals surface area (Å²) in [6.45, 7) is 12.3. The van der Waals surface area contributed by atoms with Crippen molar-refractivity contribution < 1.29 is 16.0 Å². The molecule has 0 aliphatic heterocycles. The van der Waals surface area contributed by atoms with Gasteiger partial charge in [0.25, 0.3) is 0 Å². The lowest BCUT2D eigenvalue weighted by atomic mass is 10.0.